The van der Waals surface area contributed by atoms with Crippen LogP contribution in [-0.4, -0.2) is 36.4 Å². The van der Waals surface area contributed by atoms with Gasteiger partial charge >= 0.3 is 0 Å². The van der Waals surface area contributed by atoms with Crippen LogP contribution in [-0.2, 0) is 10.0 Å². The Morgan fingerprint density at radius 2 is 1.93 bits per heavy atom. The lowest BCUT2D eigenvalue weighted by atomic mass is 10.1. The highest BCUT2D eigenvalue weighted by Gasteiger charge is 2.26. The number of nitro groups is 1. The average Bonchev–Trinajstić information content (AvgIpc) is 3.14. The first-order valence-corrected chi connectivity index (χ1v) is 11.6. The van der Waals surface area contributed by atoms with Gasteiger partial charge in [-0.15, -0.1) is 0 Å². The molecule has 2 rings (SSSR count). The van der Waals surface area contributed by atoms with Gasteiger partial charge in [0, 0.05) is 19.2 Å². The van der Waals surface area contributed by atoms with E-state index < -0.39 is 14.9 Å². The van der Waals surface area contributed by atoms with Gasteiger partial charge in [0.15, 0.2) is 0 Å². The number of nitrogens with one attached hydrogen (secondary N) is 1. The van der Waals surface area contributed by atoms with Crippen LogP contribution >= 0.6 is 0 Å². The number of nitro benzene ring substituents is 1. The molecule has 1 aliphatic rings. The van der Waals surface area contributed by atoms with E-state index in [9.17, 15) is 18.5 Å². The summed E-state index contributed by atoms with van der Waals surface area (Å²) in [7, 11) is -3.77. The maximum atomic E-state index is 12.7. The van der Waals surface area contributed by atoms with Crippen LogP contribution in [0.4, 0.5) is 11.4 Å². The van der Waals surface area contributed by atoms with Gasteiger partial charge in [-0.1, -0.05) is 39.7 Å². The fourth-order valence-electron chi connectivity index (χ4n) is 3.36. The molecule has 1 aromatic carbocycles. The van der Waals surface area contributed by atoms with E-state index in [1.807, 2.05) is 0 Å². The fraction of sp³-hybridized carbons (Fsp3) is 0.550. The van der Waals surface area contributed by atoms with Gasteiger partial charge in [0.05, 0.1) is 15.5 Å². The van der Waals surface area contributed by atoms with E-state index >= 15 is 0 Å². The predicted octanol–water partition coefficient (Wildman–Crippen LogP) is 4.69. The Balaban J connectivity index is 2.26. The molecular formula is C20H30N4O4S. The van der Waals surface area contributed by atoms with Gasteiger partial charge in [-0.3, -0.25) is 15.5 Å². The first-order valence-electron chi connectivity index (χ1n) is 10.2. The summed E-state index contributed by atoms with van der Waals surface area (Å²) in [6, 6.07) is 3.90. The molecule has 0 saturated carbocycles. The second-order valence-corrected chi connectivity index (χ2v) is 8.86. The van der Waals surface area contributed by atoms with E-state index in [4.69, 9.17) is 0 Å². The van der Waals surface area contributed by atoms with Crippen LogP contribution in [0.15, 0.2) is 39.8 Å². The number of anilines is 1. The van der Waals surface area contributed by atoms with Crippen molar-refractivity contribution in [1.82, 2.24) is 4.31 Å². The highest BCUT2D eigenvalue weighted by atomic mass is 32.2. The molecule has 0 heterocycles. The third-order valence-corrected chi connectivity index (χ3v) is 7.06. The highest BCUT2D eigenvalue weighted by Crippen LogP contribution is 2.30. The maximum Gasteiger partial charge on any atom is 0.295 e. The molecule has 0 amide bonds. The Labute approximate surface area is 172 Å². The monoisotopic (exact) mass is 422 g/mol. The van der Waals surface area contributed by atoms with Crippen molar-refractivity contribution in [3.05, 3.63) is 40.0 Å². The predicted molar refractivity (Wildman–Crippen MR) is 116 cm³/mol. The molecule has 8 nitrogen and oxygen atoms in total. The van der Waals surface area contributed by atoms with Crippen molar-refractivity contribution < 1.29 is 13.3 Å². The van der Waals surface area contributed by atoms with Crippen LogP contribution in [0, 0.1) is 10.1 Å². The molecule has 160 valence electrons. The van der Waals surface area contributed by atoms with Gasteiger partial charge in [-0.05, 0) is 43.4 Å². The van der Waals surface area contributed by atoms with E-state index in [0.29, 0.717) is 13.1 Å². The number of nitrogens with zero attached hydrogens (tertiary/aromatic N) is 3. The zero-order valence-corrected chi connectivity index (χ0v) is 18.2. The third kappa shape index (κ3) is 5.63. The molecule has 0 bridgehead atoms. The van der Waals surface area contributed by atoms with Crippen LogP contribution < -0.4 is 5.43 Å². The van der Waals surface area contributed by atoms with E-state index in [-0.39, 0.29) is 16.3 Å². The Hall–Kier alpha value is -2.26. The number of allylic oxidation sites excluding steroid dienone is 2. The number of hydrogen-bond donors (Lipinski definition) is 1. The lowest BCUT2D eigenvalue weighted by Crippen LogP contribution is -2.30. The molecule has 1 aromatic rings. The minimum absolute atomic E-state index is 0.0906. The van der Waals surface area contributed by atoms with Crippen molar-refractivity contribution >= 4 is 27.1 Å². The third-order valence-electron chi connectivity index (χ3n) is 5.01. The summed E-state index contributed by atoms with van der Waals surface area (Å²) in [5.41, 5.74) is 4.76. The SMILES string of the molecule is CCCCCC1=CCC/C1=N/Nc1ccc(S(=O)(=O)N(CC)CC)cc1[N+](=O)[O-]. The second kappa shape index (κ2) is 10.5. The van der Waals surface area contributed by atoms with Gasteiger partial charge < -0.3 is 0 Å². The summed E-state index contributed by atoms with van der Waals surface area (Å²) in [5.74, 6) is 0. The molecule has 0 fully saturated rings. The van der Waals surface area contributed by atoms with Crippen molar-refractivity contribution in [2.45, 2.75) is 64.2 Å². The summed E-state index contributed by atoms with van der Waals surface area (Å²) < 4.78 is 26.6. The van der Waals surface area contributed by atoms with Crippen molar-refractivity contribution in [3.8, 4) is 0 Å². The van der Waals surface area contributed by atoms with Crippen LogP contribution in [0.1, 0.15) is 59.3 Å². The van der Waals surface area contributed by atoms with Crippen molar-refractivity contribution in [2.24, 2.45) is 5.10 Å². The topological polar surface area (TPSA) is 105 Å². The largest absolute Gasteiger partial charge is 0.295 e. The minimum Gasteiger partial charge on any atom is -0.271 e. The summed E-state index contributed by atoms with van der Waals surface area (Å²) >= 11 is 0. The van der Waals surface area contributed by atoms with Gasteiger partial charge in [0.1, 0.15) is 5.69 Å². The Morgan fingerprint density at radius 1 is 1.21 bits per heavy atom. The maximum absolute atomic E-state index is 12.7. The molecule has 1 N–H and O–H groups in total. The lowest BCUT2D eigenvalue weighted by Gasteiger charge is -2.18. The van der Waals surface area contributed by atoms with Crippen LogP contribution in [0.3, 0.4) is 0 Å². The first kappa shape index (κ1) is 23.0. The number of hydrogen-bond acceptors (Lipinski definition) is 6. The quantitative estimate of drug-likeness (QED) is 0.316. The summed E-state index contributed by atoms with van der Waals surface area (Å²) in [6.45, 7) is 6.22. The molecule has 0 unspecified atom stereocenters. The molecule has 0 radical (unpaired) electrons. The molecule has 1 aliphatic carbocycles. The van der Waals surface area contributed by atoms with Gasteiger partial charge in [0.2, 0.25) is 10.0 Å². The molecule has 9 heteroatoms. The summed E-state index contributed by atoms with van der Waals surface area (Å²) in [5, 5.41) is 15.9. The zero-order valence-electron chi connectivity index (χ0n) is 17.3. The Bertz CT molecular complexity index is 890. The number of hydrazone groups is 1. The van der Waals surface area contributed by atoms with E-state index in [0.717, 1.165) is 50.3 Å². The molecule has 29 heavy (non-hydrogen) atoms. The summed E-state index contributed by atoms with van der Waals surface area (Å²) in [4.78, 5) is 10.9. The second-order valence-electron chi connectivity index (χ2n) is 6.92. The van der Waals surface area contributed by atoms with Gasteiger partial charge in [0.25, 0.3) is 5.69 Å². The van der Waals surface area contributed by atoms with Gasteiger partial charge in [-0.25, -0.2) is 8.42 Å². The van der Waals surface area contributed by atoms with Crippen LogP contribution in [0.25, 0.3) is 0 Å². The van der Waals surface area contributed by atoms with E-state index in [2.05, 4.69) is 23.5 Å². The van der Waals surface area contributed by atoms with Crippen molar-refractivity contribution in [3.63, 3.8) is 0 Å². The van der Waals surface area contributed by atoms with Crippen LogP contribution in [0.2, 0.25) is 0 Å². The lowest BCUT2D eigenvalue weighted by molar-refractivity contribution is -0.384. The molecule has 0 atom stereocenters. The Morgan fingerprint density at radius 3 is 2.55 bits per heavy atom. The highest BCUT2D eigenvalue weighted by molar-refractivity contribution is 7.89. The molecule has 0 aliphatic heterocycles. The standard InChI is InChI=1S/C20H30N4O4S/c1-4-7-8-10-16-11-9-12-18(16)21-22-19-14-13-17(15-20(19)24(25)26)29(27,28)23(5-2)6-3/h11,13-15,22H,4-10,12H2,1-3H3/b21-18-. The summed E-state index contributed by atoms with van der Waals surface area (Å²) in [6.07, 6.45) is 8.25. The number of benzene rings is 1. The number of unbranched alkanes of at least 4 members (excludes halogenated alkanes) is 2. The molecule has 0 spiro atoms. The van der Waals surface area contributed by atoms with Crippen LogP contribution in [0.5, 0.6) is 0 Å². The number of sulfonamides is 1. The average molecular weight is 423 g/mol. The fourth-order valence-corrected chi connectivity index (χ4v) is 4.84. The number of rotatable bonds is 11. The minimum atomic E-state index is -3.77. The van der Waals surface area contributed by atoms with Crippen molar-refractivity contribution in [1.29, 1.82) is 0 Å². The van der Waals surface area contributed by atoms with Crippen molar-refractivity contribution in [2.75, 3.05) is 18.5 Å². The Kier molecular flexibility index (Phi) is 8.33. The van der Waals surface area contributed by atoms with Gasteiger partial charge in [-0.2, -0.15) is 9.41 Å². The molecular weight excluding hydrogens is 392 g/mol. The molecule has 0 saturated heterocycles. The smallest absolute Gasteiger partial charge is 0.271 e. The first-order chi connectivity index (χ1) is 13.8. The zero-order chi connectivity index (χ0) is 21.4. The molecule has 0 aromatic heterocycles. The van der Waals surface area contributed by atoms with E-state index in [1.165, 1.54) is 22.0 Å². The van der Waals surface area contributed by atoms with E-state index in [1.54, 1.807) is 13.8 Å². The normalized spacial score (nSPS) is 15.7.